The molecule has 2 aromatic heterocycles. The number of nitrogens with zero attached hydrogens (tertiary/aromatic N) is 3. The first-order valence-electron chi connectivity index (χ1n) is 7.25. The minimum Gasteiger partial charge on any atom is -0.469 e. The van der Waals surface area contributed by atoms with Crippen molar-refractivity contribution in [2.75, 3.05) is 7.05 Å². The minimum atomic E-state index is 0.384. The molecule has 1 unspecified atom stereocenters. The fraction of sp³-hybridized carbons (Fsp3) is 0.600. The van der Waals surface area contributed by atoms with Gasteiger partial charge in [-0.15, -0.1) is 0 Å². The van der Waals surface area contributed by atoms with Gasteiger partial charge < -0.3 is 9.73 Å². The number of nitrogens with one attached hydrogen (secondary N) is 1. The van der Waals surface area contributed by atoms with Crippen LogP contribution in [-0.2, 0) is 19.4 Å². The summed E-state index contributed by atoms with van der Waals surface area (Å²) in [6.45, 7) is 5.31. The van der Waals surface area contributed by atoms with Gasteiger partial charge in [-0.1, -0.05) is 13.8 Å². The number of aromatic nitrogens is 3. The molecule has 1 atom stereocenters. The fourth-order valence-corrected chi connectivity index (χ4v) is 2.28. The van der Waals surface area contributed by atoms with E-state index < -0.39 is 0 Å². The molecular weight excluding hydrogens is 252 g/mol. The van der Waals surface area contributed by atoms with E-state index in [4.69, 9.17) is 4.42 Å². The van der Waals surface area contributed by atoms with Gasteiger partial charge in [0.2, 0.25) is 0 Å². The Bertz CT molecular complexity index is 490. The van der Waals surface area contributed by atoms with Crippen LogP contribution in [0.5, 0.6) is 0 Å². The fourth-order valence-electron chi connectivity index (χ4n) is 2.28. The molecule has 0 aliphatic carbocycles. The van der Waals surface area contributed by atoms with Crippen molar-refractivity contribution >= 4 is 0 Å². The molecule has 0 saturated heterocycles. The molecule has 110 valence electrons. The lowest BCUT2D eigenvalue weighted by molar-refractivity contribution is 0.428. The second-order valence-electron chi connectivity index (χ2n) is 5.56. The van der Waals surface area contributed by atoms with Crippen LogP contribution >= 0.6 is 0 Å². The molecular formula is C15H24N4O. The number of likely N-dealkylation sites (N-methyl/N-ethyl adjacent to an activating group) is 1. The molecule has 0 aliphatic rings. The lowest BCUT2D eigenvalue weighted by atomic mass is 10.1. The van der Waals surface area contributed by atoms with Crippen molar-refractivity contribution in [1.82, 2.24) is 20.1 Å². The molecule has 2 heterocycles. The van der Waals surface area contributed by atoms with E-state index in [-0.39, 0.29) is 0 Å². The molecule has 0 fully saturated rings. The van der Waals surface area contributed by atoms with Gasteiger partial charge in [-0.25, -0.2) is 9.67 Å². The molecule has 0 aromatic carbocycles. The normalized spacial score (nSPS) is 13.0. The van der Waals surface area contributed by atoms with Gasteiger partial charge in [0.25, 0.3) is 0 Å². The van der Waals surface area contributed by atoms with Crippen LogP contribution in [0.4, 0.5) is 0 Å². The van der Waals surface area contributed by atoms with Crippen LogP contribution in [-0.4, -0.2) is 27.9 Å². The highest BCUT2D eigenvalue weighted by atomic mass is 16.3. The zero-order valence-corrected chi connectivity index (χ0v) is 12.5. The van der Waals surface area contributed by atoms with Crippen molar-refractivity contribution in [2.45, 2.75) is 45.7 Å². The van der Waals surface area contributed by atoms with E-state index in [2.05, 4.69) is 29.2 Å². The zero-order valence-electron chi connectivity index (χ0n) is 12.5. The second kappa shape index (κ2) is 7.24. The van der Waals surface area contributed by atoms with Crippen molar-refractivity contribution in [3.8, 4) is 0 Å². The Morgan fingerprint density at radius 2 is 2.25 bits per heavy atom. The van der Waals surface area contributed by atoms with Gasteiger partial charge in [-0.2, -0.15) is 5.10 Å². The molecule has 0 spiro atoms. The summed E-state index contributed by atoms with van der Waals surface area (Å²) >= 11 is 0. The van der Waals surface area contributed by atoms with Crippen molar-refractivity contribution in [2.24, 2.45) is 5.92 Å². The second-order valence-corrected chi connectivity index (χ2v) is 5.56. The summed E-state index contributed by atoms with van der Waals surface area (Å²) in [5.41, 5.74) is 0. The Hall–Kier alpha value is -1.62. The Balaban J connectivity index is 1.90. The molecule has 0 aliphatic heterocycles. The Labute approximate surface area is 120 Å². The predicted octanol–water partition coefficient (Wildman–Crippen LogP) is 2.29. The largest absolute Gasteiger partial charge is 0.469 e. The highest BCUT2D eigenvalue weighted by molar-refractivity contribution is 4.99. The molecule has 2 rings (SSSR count). The molecule has 5 nitrogen and oxygen atoms in total. The van der Waals surface area contributed by atoms with E-state index in [1.807, 2.05) is 23.9 Å². The lowest BCUT2D eigenvalue weighted by Crippen LogP contribution is -2.29. The zero-order chi connectivity index (χ0) is 14.4. The minimum absolute atomic E-state index is 0.384. The van der Waals surface area contributed by atoms with Crippen LogP contribution in [0.1, 0.15) is 31.9 Å². The van der Waals surface area contributed by atoms with Crippen molar-refractivity contribution in [3.63, 3.8) is 0 Å². The molecule has 0 radical (unpaired) electrons. The average molecular weight is 276 g/mol. The van der Waals surface area contributed by atoms with Crippen LogP contribution < -0.4 is 5.32 Å². The highest BCUT2D eigenvalue weighted by Crippen LogP contribution is 2.10. The predicted molar refractivity (Wildman–Crippen MR) is 78.4 cm³/mol. The number of furan rings is 1. The standard InChI is InChI=1S/C15H24N4O/c1-12(2)10-19-15(17-11-18-19)9-13(16-3)6-7-14-5-4-8-20-14/h4-5,8,11-13,16H,6-7,9-10H2,1-3H3. The highest BCUT2D eigenvalue weighted by Gasteiger charge is 2.13. The molecule has 1 N–H and O–H groups in total. The summed E-state index contributed by atoms with van der Waals surface area (Å²) in [6.07, 6.45) is 6.24. The Morgan fingerprint density at radius 3 is 2.90 bits per heavy atom. The maximum Gasteiger partial charge on any atom is 0.138 e. The van der Waals surface area contributed by atoms with Gasteiger partial charge in [0.1, 0.15) is 17.9 Å². The number of hydrogen-bond donors (Lipinski definition) is 1. The lowest BCUT2D eigenvalue weighted by Gasteiger charge is -2.16. The first kappa shape index (κ1) is 14.8. The third-order valence-electron chi connectivity index (χ3n) is 3.39. The van der Waals surface area contributed by atoms with E-state index in [9.17, 15) is 0 Å². The Kier molecular flexibility index (Phi) is 5.35. The van der Waals surface area contributed by atoms with Crippen molar-refractivity contribution in [3.05, 3.63) is 36.3 Å². The Morgan fingerprint density at radius 1 is 1.40 bits per heavy atom. The summed E-state index contributed by atoms with van der Waals surface area (Å²) in [7, 11) is 2.00. The van der Waals surface area contributed by atoms with Gasteiger partial charge in [0.15, 0.2) is 0 Å². The van der Waals surface area contributed by atoms with Gasteiger partial charge in [0, 0.05) is 25.4 Å². The van der Waals surface area contributed by atoms with Crippen LogP contribution in [0, 0.1) is 5.92 Å². The summed E-state index contributed by atoms with van der Waals surface area (Å²) < 4.78 is 7.39. The molecule has 0 bridgehead atoms. The van der Waals surface area contributed by atoms with Crippen LogP contribution in [0.2, 0.25) is 0 Å². The van der Waals surface area contributed by atoms with E-state index in [1.54, 1.807) is 12.6 Å². The molecule has 5 heteroatoms. The summed E-state index contributed by atoms with van der Waals surface area (Å²) in [5, 5.41) is 7.67. The van der Waals surface area contributed by atoms with Crippen LogP contribution in [0.25, 0.3) is 0 Å². The number of aryl methyl sites for hydroxylation is 1. The average Bonchev–Trinajstić information content (AvgIpc) is 3.06. The smallest absolute Gasteiger partial charge is 0.138 e. The summed E-state index contributed by atoms with van der Waals surface area (Å²) in [6, 6.07) is 4.34. The van der Waals surface area contributed by atoms with E-state index in [0.717, 1.165) is 37.4 Å². The number of rotatable bonds is 8. The monoisotopic (exact) mass is 276 g/mol. The van der Waals surface area contributed by atoms with E-state index in [1.165, 1.54) is 0 Å². The van der Waals surface area contributed by atoms with Gasteiger partial charge in [0.05, 0.1) is 6.26 Å². The first-order chi connectivity index (χ1) is 9.69. The van der Waals surface area contributed by atoms with Crippen molar-refractivity contribution < 1.29 is 4.42 Å². The maximum absolute atomic E-state index is 5.38. The van der Waals surface area contributed by atoms with E-state index in [0.29, 0.717) is 12.0 Å². The maximum atomic E-state index is 5.38. The van der Waals surface area contributed by atoms with Crippen LogP contribution in [0.3, 0.4) is 0 Å². The third kappa shape index (κ3) is 4.20. The van der Waals surface area contributed by atoms with Crippen LogP contribution in [0.15, 0.2) is 29.1 Å². The summed E-state index contributed by atoms with van der Waals surface area (Å²) in [4.78, 5) is 4.39. The molecule has 20 heavy (non-hydrogen) atoms. The third-order valence-corrected chi connectivity index (χ3v) is 3.39. The topological polar surface area (TPSA) is 55.9 Å². The first-order valence-corrected chi connectivity index (χ1v) is 7.25. The SMILES string of the molecule is CNC(CCc1ccco1)Cc1ncnn1CC(C)C. The quantitative estimate of drug-likeness (QED) is 0.803. The van der Waals surface area contributed by atoms with Gasteiger partial charge in [-0.05, 0) is 31.5 Å². The molecule has 2 aromatic rings. The molecule has 0 amide bonds. The van der Waals surface area contributed by atoms with Gasteiger partial charge >= 0.3 is 0 Å². The molecule has 0 saturated carbocycles. The summed E-state index contributed by atoms with van der Waals surface area (Å²) in [5.74, 6) is 2.66. The van der Waals surface area contributed by atoms with Gasteiger partial charge in [-0.3, -0.25) is 0 Å². The van der Waals surface area contributed by atoms with E-state index >= 15 is 0 Å². The number of hydrogen-bond acceptors (Lipinski definition) is 4. The van der Waals surface area contributed by atoms with Crippen molar-refractivity contribution in [1.29, 1.82) is 0 Å².